The first-order valence-corrected chi connectivity index (χ1v) is 11.6. The molecule has 3 aromatic heterocycles. The second kappa shape index (κ2) is 8.60. The summed E-state index contributed by atoms with van der Waals surface area (Å²) in [5, 5.41) is 7.01. The molecule has 0 aliphatic heterocycles. The molecule has 1 atom stereocenters. The van der Waals surface area contributed by atoms with Crippen LogP contribution in [0, 0.1) is 13.8 Å². The first-order valence-electron chi connectivity index (χ1n) is 10.7. The monoisotopic (exact) mass is 452 g/mol. The van der Waals surface area contributed by atoms with E-state index < -0.39 is 0 Å². The lowest BCUT2D eigenvalue weighted by atomic mass is 10.0. The molecule has 6 nitrogen and oxygen atoms in total. The Morgan fingerprint density at radius 1 is 0.909 bits per heavy atom. The molecule has 164 valence electrons. The molecule has 3 N–H and O–H groups in total. The SMILES string of the molecule is Cc1nc(N[C@@H](C)c2cccc(-c3cnc(N)nc3)c2)cc(-c2ccc3scc(C)c3c2)n1. The molecule has 0 radical (unpaired) electrons. The number of nitrogens with zero attached hydrogens (tertiary/aromatic N) is 4. The fraction of sp³-hybridized carbons (Fsp3) is 0.154. The second-order valence-electron chi connectivity index (χ2n) is 8.14. The Labute approximate surface area is 196 Å². The molecule has 7 heteroatoms. The van der Waals surface area contributed by atoms with Crippen molar-refractivity contribution in [3.63, 3.8) is 0 Å². The third-order valence-corrected chi connectivity index (χ3v) is 6.74. The van der Waals surface area contributed by atoms with E-state index in [1.807, 2.05) is 25.1 Å². The van der Waals surface area contributed by atoms with E-state index in [0.29, 0.717) is 0 Å². The molecule has 0 fully saturated rings. The van der Waals surface area contributed by atoms with Gasteiger partial charge in [0.2, 0.25) is 5.95 Å². The van der Waals surface area contributed by atoms with E-state index in [1.165, 1.54) is 15.6 Å². The Bertz CT molecular complexity index is 1440. The van der Waals surface area contributed by atoms with Crippen molar-refractivity contribution in [2.75, 3.05) is 11.1 Å². The first-order chi connectivity index (χ1) is 16.0. The van der Waals surface area contributed by atoms with Crippen molar-refractivity contribution in [3.8, 4) is 22.4 Å². The normalized spacial score (nSPS) is 12.1. The maximum atomic E-state index is 5.62. The van der Waals surface area contributed by atoms with Crippen LogP contribution in [0.25, 0.3) is 32.5 Å². The number of thiophene rings is 1. The highest BCUT2D eigenvalue weighted by atomic mass is 32.1. The minimum atomic E-state index is 0.0448. The first kappa shape index (κ1) is 21.0. The van der Waals surface area contributed by atoms with Crippen LogP contribution in [-0.4, -0.2) is 19.9 Å². The largest absolute Gasteiger partial charge is 0.368 e. The highest BCUT2D eigenvalue weighted by molar-refractivity contribution is 7.17. The smallest absolute Gasteiger partial charge is 0.219 e. The maximum absolute atomic E-state index is 5.62. The molecule has 0 saturated carbocycles. The van der Waals surface area contributed by atoms with Crippen LogP contribution in [0.5, 0.6) is 0 Å². The molecule has 0 spiro atoms. The van der Waals surface area contributed by atoms with E-state index in [0.717, 1.165) is 39.6 Å². The topological polar surface area (TPSA) is 89.6 Å². The summed E-state index contributed by atoms with van der Waals surface area (Å²) in [5.74, 6) is 1.80. The number of fused-ring (bicyclic) bond motifs is 1. The van der Waals surface area contributed by atoms with E-state index in [9.17, 15) is 0 Å². The molecular weight excluding hydrogens is 428 g/mol. The van der Waals surface area contributed by atoms with Gasteiger partial charge in [-0.25, -0.2) is 19.9 Å². The van der Waals surface area contributed by atoms with Crippen molar-refractivity contribution in [1.29, 1.82) is 0 Å². The Morgan fingerprint density at radius 3 is 2.55 bits per heavy atom. The number of rotatable bonds is 5. The van der Waals surface area contributed by atoms with Gasteiger partial charge in [0.25, 0.3) is 0 Å². The van der Waals surface area contributed by atoms with Crippen LogP contribution < -0.4 is 11.1 Å². The summed E-state index contributed by atoms with van der Waals surface area (Å²) >= 11 is 1.77. The molecule has 5 rings (SSSR count). The number of aryl methyl sites for hydroxylation is 2. The van der Waals surface area contributed by atoms with Gasteiger partial charge in [0.1, 0.15) is 11.6 Å². The molecule has 0 saturated heterocycles. The van der Waals surface area contributed by atoms with Crippen LogP contribution in [-0.2, 0) is 0 Å². The van der Waals surface area contributed by atoms with Gasteiger partial charge >= 0.3 is 0 Å². The zero-order valence-electron chi connectivity index (χ0n) is 18.7. The van der Waals surface area contributed by atoms with Crippen LogP contribution in [0.15, 0.2) is 66.3 Å². The van der Waals surface area contributed by atoms with Gasteiger partial charge in [-0.05, 0) is 66.4 Å². The molecule has 0 bridgehead atoms. The molecule has 2 aromatic carbocycles. The molecule has 33 heavy (non-hydrogen) atoms. The standard InChI is InChI=1S/C26H24N6S/c1-15-14-33-24-8-7-20(10-22(15)24)23-11-25(32-17(3)31-23)30-16(2)18-5-4-6-19(9-18)21-12-28-26(27)29-13-21/h4-14,16H,1-3H3,(H2,27,28,29)(H,30,31,32)/t16-/m0/s1. The zero-order chi connectivity index (χ0) is 22.9. The minimum absolute atomic E-state index is 0.0448. The number of anilines is 2. The highest BCUT2D eigenvalue weighted by Gasteiger charge is 2.12. The molecular formula is C26H24N6S. The maximum Gasteiger partial charge on any atom is 0.219 e. The average molecular weight is 453 g/mol. The Hall–Kier alpha value is -3.84. The number of hydrogen-bond donors (Lipinski definition) is 2. The summed E-state index contributed by atoms with van der Waals surface area (Å²) in [5.41, 5.74) is 12.0. The Kier molecular flexibility index (Phi) is 5.48. The third-order valence-electron chi connectivity index (χ3n) is 5.66. The van der Waals surface area contributed by atoms with Crippen molar-refractivity contribution in [3.05, 3.63) is 83.3 Å². The van der Waals surface area contributed by atoms with Crippen molar-refractivity contribution < 1.29 is 0 Å². The lowest BCUT2D eigenvalue weighted by Crippen LogP contribution is -2.09. The van der Waals surface area contributed by atoms with Crippen LogP contribution in [0.3, 0.4) is 0 Å². The zero-order valence-corrected chi connectivity index (χ0v) is 19.5. The summed E-state index contributed by atoms with van der Waals surface area (Å²) in [7, 11) is 0. The van der Waals surface area contributed by atoms with Crippen LogP contribution >= 0.6 is 11.3 Å². The number of benzene rings is 2. The lowest BCUT2D eigenvalue weighted by Gasteiger charge is -2.17. The van der Waals surface area contributed by atoms with Crippen LogP contribution in [0.2, 0.25) is 0 Å². The second-order valence-corrected chi connectivity index (χ2v) is 9.05. The molecule has 0 aliphatic rings. The number of nitrogen functional groups attached to an aromatic ring is 1. The van der Waals surface area contributed by atoms with Gasteiger partial charge in [-0.15, -0.1) is 11.3 Å². The van der Waals surface area contributed by atoms with Gasteiger partial charge in [-0.1, -0.05) is 24.3 Å². The minimum Gasteiger partial charge on any atom is -0.368 e. The number of hydrogen-bond acceptors (Lipinski definition) is 7. The Balaban J connectivity index is 1.42. The van der Waals surface area contributed by atoms with E-state index in [2.05, 4.69) is 69.8 Å². The number of nitrogens with one attached hydrogen (secondary N) is 1. The fourth-order valence-corrected chi connectivity index (χ4v) is 4.81. The van der Waals surface area contributed by atoms with Crippen molar-refractivity contribution in [1.82, 2.24) is 19.9 Å². The van der Waals surface area contributed by atoms with Gasteiger partial charge in [0.15, 0.2) is 0 Å². The van der Waals surface area contributed by atoms with Crippen LogP contribution in [0.4, 0.5) is 11.8 Å². The lowest BCUT2D eigenvalue weighted by molar-refractivity contribution is 0.868. The predicted octanol–water partition coefficient (Wildman–Crippen LogP) is 6.19. The molecule has 0 aliphatic carbocycles. The van der Waals surface area contributed by atoms with Crippen molar-refractivity contribution >= 4 is 33.2 Å². The summed E-state index contributed by atoms with van der Waals surface area (Å²) < 4.78 is 1.29. The van der Waals surface area contributed by atoms with Crippen molar-refractivity contribution in [2.24, 2.45) is 0 Å². The van der Waals surface area contributed by atoms with Gasteiger partial charge in [0.05, 0.1) is 5.69 Å². The summed E-state index contributed by atoms with van der Waals surface area (Å²) in [4.78, 5) is 17.5. The highest BCUT2D eigenvalue weighted by Crippen LogP contribution is 2.31. The van der Waals surface area contributed by atoms with Crippen molar-refractivity contribution in [2.45, 2.75) is 26.8 Å². The number of nitrogens with two attached hydrogens (primary N) is 1. The van der Waals surface area contributed by atoms with Crippen LogP contribution in [0.1, 0.15) is 29.9 Å². The van der Waals surface area contributed by atoms with Gasteiger partial charge in [-0.3, -0.25) is 0 Å². The quantitative estimate of drug-likeness (QED) is 0.331. The summed E-state index contributed by atoms with van der Waals surface area (Å²) in [6, 6.07) is 16.9. The van der Waals surface area contributed by atoms with E-state index in [1.54, 1.807) is 23.7 Å². The van der Waals surface area contributed by atoms with Gasteiger partial charge in [0, 0.05) is 40.3 Å². The van der Waals surface area contributed by atoms with E-state index in [-0.39, 0.29) is 12.0 Å². The summed E-state index contributed by atoms with van der Waals surface area (Å²) in [6.07, 6.45) is 3.48. The van der Waals surface area contributed by atoms with Gasteiger partial charge < -0.3 is 11.1 Å². The fourth-order valence-electron chi connectivity index (χ4n) is 3.88. The van der Waals surface area contributed by atoms with E-state index >= 15 is 0 Å². The predicted molar refractivity (Wildman–Crippen MR) is 136 cm³/mol. The van der Waals surface area contributed by atoms with E-state index in [4.69, 9.17) is 10.7 Å². The average Bonchev–Trinajstić information content (AvgIpc) is 3.19. The molecule has 0 amide bonds. The molecule has 3 heterocycles. The number of aromatic nitrogens is 4. The Morgan fingerprint density at radius 2 is 1.73 bits per heavy atom. The molecule has 5 aromatic rings. The summed E-state index contributed by atoms with van der Waals surface area (Å²) in [6.45, 7) is 6.19. The molecule has 0 unspecified atom stereocenters. The van der Waals surface area contributed by atoms with Gasteiger partial charge in [-0.2, -0.15) is 0 Å². The third kappa shape index (κ3) is 4.40.